The van der Waals surface area contributed by atoms with Crippen LogP contribution in [0.15, 0.2) is 0 Å². The van der Waals surface area contributed by atoms with Gasteiger partial charge in [0.15, 0.2) is 6.35 Å². The Morgan fingerprint density at radius 3 is 3.00 bits per heavy atom. The van der Waals surface area contributed by atoms with E-state index in [1.165, 1.54) is 0 Å². The van der Waals surface area contributed by atoms with Gasteiger partial charge in [0.2, 0.25) is 0 Å². The van der Waals surface area contributed by atoms with Crippen LogP contribution in [0.1, 0.15) is 0 Å². The van der Waals surface area contributed by atoms with Crippen molar-refractivity contribution in [2.24, 2.45) is 0 Å². The molecule has 1 saturated heterocycles. The van der Waals surface area contributed by atoms with Gasteiger partial charge in [0.05, 0.1) is 13.7 Å². The van der Waals surface area contributed by atoms with E-state index in [1.807, 2.05) is 7.05 Å². The van der Waals surface area contributed by atoms with Gasteiger partial charge in [-0.3, -0.25) is 10.2 Å². The average Bonchev–Trinajstić information content (AvgIpc) is 2.53. The van der Waals surface area contributed by atoms with Gasteiger partial charge in [-0.15, -0.1) is 0 Å². The fourth-order valence-electron chi connectivity index (χ4n) is 0.900. The lowest BCUT2D eigenvalue weighted by Gasteiger charge is -2.24. The summed E-state index contributed by atoms with van der Waals surface area (Å²) in [4.78, 5) is 1.74. The lowest BCUT2D eigenvalue weighted by Crippen LogP contribution is -2.43. The first-order chi connectivity index (χ1) is 5.25. The molecule has 1 fully saturated rings. The van der Waals surface area contributed by atoms with E-state index in [1.54, 1.807) is 12.0 Å². The minimum absolute atomic E-state index is 0.123. The van der Waals surface area contributed by atoms with Gasteiger partial charge in [-0.05, 0) is 12.2 Å². The Morgan fingerprint density at radius 1 is 1.82 bits per heavy atom. The summed E-state index contributed by atoms with van der Waals surface area (Å²) in [5, 5.41) is 3.54. The molecular weight excluding hydrogens is 164 g/mol. The number of rotatable bonds is 1. The third-order valence-corrected chi connectivity index (χ3v) is 1.97. The van der Waals surface area contributed by atoms with Crippen molar-refractivity contribution >= 4 is 17.4 Å². The first kappa shape index (κ1) is 8.70. The van der Waals surface area contributed by atoms with Crippen LogP contribution in [0, 0.1) is 0 Å². The molecule has 4 nitrogen and oxygen atoms in total. The van der Waals surface area contributed by atoms with Gasteiger partial charge in [0.1, 0.15) is 0 Å². The number of nitrogens with zero attached hydrogens (tertiary/aromatic N) is 1. The predicted octanol–water partition coefficient (Wildman–Crippen LogP) is -0.247. The summed E-state index contributed by atoms with van der Waals surface area (Å²) in [7, 11) is 3.38. The highest BCUT2D eigenvalue weighted by Crippen LogP contribution is 2.02. The molecule has 1 N–H and O–H groups in total. The van der Waals surface area contributed by atoms with Crippen LogP contribution in [0.4, 0.5) is 0 Å². The maximum Gasteiger partial charge on any atom is 0.261 e. The Hall–Kier alpha value is -0.390. The second-order valence-electron chi connectivity index (χ2n) is 2.26. The molecule has 1 rings (SSSR count). The molecule has 1 aliphatic heterocycles. The van der Waals surface area contributed by atoms with Crippen molar-refractivity contribution in [2.75, 3.05) is 27.3 Å². The number of ether oxygens (including phenoxy) is 2. The molecule has 64 valence electrons. The lowest BCUT2D eigenvalue weighted by atomic mass is 10.7. The van der Waals surface area contributed by atoms with Gasteiger partial charge >= 0.3 is 0 Å². The first-order valence-corrected chi connectivity index (χ1v) is 3.82. The SMILES string of the molecule is COC(=S)N(C)C1NCCO1. The van der Waals surface area contributed by atoms with Gasteiger partial charge in [0.25, 0.3) is 5.17 Å². The quantitative estimate of drug-likeness (QED) is 0.557. The second kappa shape index (κ2) is 3.85. The Balaban J connectivity index is 2.39. The zero-order valence-electron chi connectivity index (χ0n) is 6.66. The van der Waals surface area contributed by atoms with Crippen LogP contribution >= 0.6 is 12.2 Å². The highest BCUT2D eigenvalue weighted by molar-refractivity contribution is 7.80. The van der Waals surface area contributed by atoms with Crippen LogP contribution in [-0.4, -0.2) is 43.7 Å². The van der Waals surface area contributed by atoms with Gasteiger partial charge < -0.3 is 9.47 Å². The molecule has 1 heterocycles. The van der Waals surface area contributed by atoms with Crippen LogP contribution in [0.5, 0.6) is 0 Å². The minimum Gasteiger partial charge on any atom is -0.474 e. The zero-order chi connectivity index (χ0) is 8.27. The number of methoxy groups -OCH3 is 1. The van der Waals surface area contributed by atoms with Crippen LogP contribution < -0.4 is 5.32 Å². The Bertz CT molecular complexity index is 148. The van der Waals surface area contributed by atoms with Crippen molar-refractivity contribution in [2.45, 2.75) is 6.35 Å². The maximum atomic E-state index is 5.28. The van der Waals surface area contributed by atoms with Crippen molar-refractivity contribution in [3.05, 3.63) is 0 Å². The zero-order valence-corrected chi connectivity index (χ0v) is 7.48. The Morgan fingerprint density at radius 2 is 2.55 bits per heavy atom. The van der Waals surface area contributed by atoms with Crippen molar-refractivity contribution in [3.63, 3.8) is 0 Å². The molecule has 0 aliphatic carbocycles. The second-order valence-corrected chi connectivity index (χ2v) is 2.61. The van der Waals surface area contributed by atoms with Crippen molar-refractivity contribution in [1.29, 1.82) is 0 Å². The van der Waals surface area contributed by atoms with E-state index in [4.69, 9.17) is 21.7 Å². The third kappa shape index (κ3) is 2.02. The number of nitrogens with one attached hydrogen (secondary N) is 1. The maximum absolute atomic E-state index is 5.28. The van der Waals surface area contributed by atoms with E-state index in [0.29, 0.717) is 5.17 Å². The number of hydrogen-bond donors (Lipinski definition) is 1. The Kier molecular flexibility index (Phi) is 3.04. The summed E-state index contributed by atoms with van der Waals surface area (Å²) in [6.45, 7) is 1.59. The van der Waals surface area contributed by atoms with Crippen LogP contribution in [0.25, 0.3) is 0 Å². The molecule has 5 heteroatoms. The standard InChI is InChI=1S/C6H12N2O2S/c1-8(6(11)9-2)5-7-3-4-10-5/h5,7H,3-4H2,1-2H3. The molecule has 0 aromatic carbocycles. The summed E-state index contributed by atoms with van der Waals surface area (Å²) in [6, 6.07) is 0. The molecule has 0 radical (unpaired) electrons. The predicted molar refractivity (Wildman–Crippen MR) is 45.1 cm³/mol. The molecular formula is C6H12N2O2S. The van der Waals surface area contributed by atoms with E-state index in [2.05, 4.69) is 5.32 Å². The van der Waals surface area contributed by atoms with E-state index in [0.717, 1.165) is 13.2 Å². The lowest BCUT2D eigenvalue weighted by molar-refractivity contribution is 0.0116. The number of hydrogen-bond acceptors (Lipinski definition) is 4. The summed E-state index contributed by atoms with van der Waals surface area (Å²) in [5.74, 6) is 0. The molecule has 1 unspecified atom stereocenters. The first-order valence-electron chi connectivity index (χ1n) is 3.41. The van der Waals surface area contributed by atoms with Crippen LogP contribution in [-0.2, 0) is 9.47 Å². The van der Waals surface area contributed by atoms with Crippen molar-refractivity contribution in [3.8, 4) is 0 Å². The normalized spacial score (nSPS) is 23.3. The molecule has 1 aliphatic rings. The number of thiocarbonyl (C=S) groups is 1. The van der Waals surface area contributed by atoms with E-state index in [-0.39, 0.29) is 6.35 Å². The van der Waals surface area contributed by atoms with Crippen molar-refractivity contribution < 1.29 is 9.47 Å². The highest BCUT2D eigenvalue weighted by Gasteiger charge is 2.21. The highest BCUT2D eigenvalue weighted by atomic mass is 32.1. The summed E-state index contributed by atoms with van der Waals surface area (Å²) >= 11 is 4.90. The topological polar surface area (TPSA) is 33.7 Å². The summed E-state index contributed by atoms with van der Waals surface area (Å²) in [6.07, 6.45) is -0.123. The summed E-state index contributed by atoms with van der Waals surface area (Å²) < 4.78 is 10.1. The van der Waals surface area contributed by atoms with E-state index in [9.17, 15) is 0 Å². The molecule has 0 spiro atoms. The smallest absolute Gasteiger partial charge is 0.261 e. The van der Waals surface area contributed by atoms with E-state index < -0.39 is 0 Å². The molecule has 0 amide bonds. The minimum atomic E-state index is -0.123. The molecule has 0 bridgehead atoms. The van der Waals surface area contributed by atoms with Gasteiger partial charge in [0, 0.05) is 13.6 Å². The van der Waals surface area contributed by atoms with Crippen molar-refractivity contribution in [1.82, 2.24) is 10.2 Å². The van der Waals surface area contributed by atoms with Gasteiger partial charge in [-0.1, -0.05) is 0 Å². The van der Waals surface area contributed by atoms with Gasteiger partial charge in [-0.2, -0.15) is 0 Å². The largest absolute Gasteiger partial charge is 0.474 e. The molecule has 0 aromatic rings. The van der Waals surface area contributed by atoms with E-state index >= 15 is 0 Å². The van der Waals surface area contributed by atoms with Crippen LogP contribution in [0.2, 0.25) is 0 Å². The third-order valence-electron chi connectivity index (χ3n) is 1.51. The van der Waals surface area contributed by atoms with Crippen LogP contribution in [0.3, 0.4) is 0 Å². The molecule has 0 saturated carbocycles. The van der Waals surface area contributed by atoms with Gasteiger partial charge in [-0.25, -0.2) is 0 Å². The fraction of sp³-hybridized carbons (Fsp3) is 0.833. The molecule has 0 aromatic heterocycles. The monoisotopic (exact) mass is 176 g/mol. The average molecular weight is 176 g/mol. The fourth-order valence-corrected chi connectivity index (χ4v) is 0.996. The molecule has 11 heavy (non-hydrogen) atoms. The summed E-state index contributed by atoms with van der Waals surface area (Å²) in [5.41, 5.74) is 0. The Labute approximate surface area is 71.5 Å². The molecule has 1 atom stereocenters.